The zero-order valence-electron chi connectivity index (χ0n) is 8.21. The summed E-state index contributed by atoms with van der Waals surface area (Å²) in [7, 11) is 0. The van der Waals surface area contributed by atoms with Crippen molar-refractivity contribution in [2.75, 3.05) is 0 Å². The minimum Gasteiger partial charge on any atom is -0.464 e. The maximum atomic E-state index is 6.12. The molecule has 2 heteroatoms. The molecule has 14 heavy (non-hydrogen) atoms. The Bertz CT molecular complexity index is 494. The van der Waals surface area contributed by atoms with Crippen molar-refractivity contribution in [3.8, 4) is 0 Å². The predicted molar refractivity (Wildman–Crippen MR) is 56.1 cm³/mol. The SMILES string of the molecule is Cc1coc2cc(C3(N)CC3)ccc12. The van der Waals surface area contributed by atoms with E-state index in [-0.39, 0.29) is 5.54 Å². The highest BCUT2D eigenvalue weighted by Crippen LogP contribution is 2.43. The lowest BCUT2D eigenvalue weighted by Crippen LogP contribution is -2.18. The molecular formula is C12H13NO. The van der Waals surface area contributed by atoms with Crippen LogP contribution >= 0.6 is 0 Å². The summed E-state index contributed by atoms with van der Waals surface area (Å²) in [6.45, 7) is 2.06. The largest absolute Gasteiger partial charge is 0.464 e. The summed E-state index contributed by atoms with van der Waals surface area (Å²) in [4.78, 5) is 0. The first kappa shape index (κ1) is 8.06. The highest BCUT2D eigenvalue weighted by atomic mass is 16.3. The zero-order valence-corrected chi connectivity index (χ0v) is 8.21. The van der Waals surface area contributed by atoms with Gasteiger partial charge in [0.2, 0.25) is 0 Å². The van der Waals surface area contributed by atoms with Gasteiger partial charge in [0.1, 0.15) is 5.58 Å². The Morgan fingerprint density at radius 3 is 2.86 bits per heavy atom. The van der Waals surface area contributed by atoms with Crippen LogP contribution in [0.1, 0.15) is 24.0 Å². The lowest BCUT2D eigenvalue weighted by molar-refractivity contribution is 0.611. The third-order valence-electron chi connectivity index (χ3n) is 3.13. The number of fused-ring (bicyclic) bond motifs is 1. The van der Waals surface area contributed by atoms with Crippen LogP contribution in [0, 0.1) is 6.92 Å². The third-order valence-corrected chi connectivity index (χ3v) is 3.13. The van der Waals surface area contributed by atoms with E-state index in [1.54, 1.807) is 6.26 Å². The van der Waals surface area contributed by atoms with Crippen LogP contribution in [0.4, 0.5) is 0 Å². The molecule has 0 unspecified atom stereocenters. The molecule has 0 aliphatic heterocycles. The number of nitrogens with two attached hydrogens (primary N) is 1. The van der Waals surface area contributed by atoms with Gasteiger partial charge in [-0.05, 0) is 37.0 Å². The molecule has 2 nitrogen and oxygen atoms in total. The predicted octanol–water partition coefficient (Wildman–Crippen LogP) is 2.69. The van der Waals surface area contributed by atoms with Crippen LogP contribution in [-0.2, 0) is 5.54 Å². The molecule has 0 atom stereocenters. The van der Waals surface area contributed by atoms with Gasteiger partial charge in [-0.1, -0.05) is 12.1 Å². The molecular weight excluding hydrogens is 174 g/mol. The molecule has 1 heterocycles. The smallest absolute Gasteiger partial charge is 0.134 e. The number of hydrogen-bond acceptors (Lipinski definition) is 2. The average Bonchev–Trinajstić information content (AvgIpc) is 2.84. The van der Waals surface area contributed by atoms with Crippen LogP contribution in [0.5, 0.6) is 0 Å². The fourth-order valence-electron chi connectivity index (χ4n) is 1.89. The van der Waals surface area contributed by atoms with E-state index in [9.17, 15) is 0 Å². The average molecular weight is 187 g/mol. The van der Waals surface area contributed by atoms with Gasteiger partial charge >= 0.3 is 0 Å². The summed E-state index contributed by atoms with van der Waals surface area (Å²) in [5, 5.41) is 1.19. The maximum Gasteiger partial charge on any atom is 0.134 e. The van der Waals surface area contributed by atoms with Gasteiger partial charge in [0.15, 0.2) is 0 Å². The molecule has 1 aliphatic carbocycles. The summed E-state index contributed by atoms with van der Waals surface area (Å²) >= 11 is 0. The van der Waals surface area contributed by atoms with E-state index in [0.29, 0.717) is 0 Å². The molecule has 0 saturated heterocycles. The molecule has 1 aliphatic rings. The number of hydrogen-bond donors (Lipinski definition) is 1. The molecule has 3 rings (SSSR count). The van der Waals surface area contributed by atoms with E-state index in [1.165, 1.54) is 16.5 Å². The molecule has 1 aromatic heterocycles. The normalized spacial score (nSPS) is 18.7. The lowest BCUT2D eigenvalue weighted by atomic mass is 10.0. The molecule has 1 aromatic carbocycles. The molecule has 72 valence electrons. The van der Waals surface area contributed by atoms with Gasteiger partial charge in [0.05, 0.1) is 6.26 Å². The summed E-state index contributed by atoms with van der Waals surface area (Å²) < 4.78 is 5.46. The molecule has 0 amide bonds. The van der Waals surface area contributed by atoms with E-state index in [0.717, 1.165) is 18.4 Å². The van der Waals surface area contributed by atoms with Gasteiger partial charge in [0, 0.05) is 10.9 Å². The Kier molecular flexibility index (Phi) is 1.38. The summed E-state index contributed by atoms with van der Waals surface area (Å²) in [6, 6.07) is 6.31. The summed E-state index contributed by atoms with van der Waals surface area (Å²) in [6.07, 6.45) is 3.99. The van der Waals surface area contributed by atoms with Crippen molar-refractivity contribution < 1.29 is 4.42 Å². The minimum absolute atomic E-state index is 0.0606. The topological polar surface area (TPSA) is 39.2 Å². The first-order chi connectivity index (χ1) is 6.69. The Labute approximate surface area is 82.7 Å². The van der Waals surface area contributed by atoms with Gasteiger partial charge in [0.25, 0.3) is 0 Å². The second-order valence-corrected chi connectivity index (χ2v) is 4.29. The van der Waals surface area contributed by atoms with Crippen molar-refractivity contribution in [3.05, 3.63) is 35.6 Å². The van der Waals surface area contributed by atoms with E-state index in [1.807, 2.05) is 0 Å². The van der Waals surface area contributed by atoms with Crippen molar-refractivity contribution in [2.24, 2.45) is 5.73 Å². The van der Waals surface area contributed by atoms with Crippen molar-refractivity contribution in [1.29, 1.82) is 0 Å². The van der Waals surface area contributed by atoms with E-state index >= 15 is 0 Å². The fraction of sp³-hybridized carbons (Fsp3) is 0.333. The van der Waals surface area contributed by atoms with Gasteiger partial charge in [-0.15, -0.1) is 0 Å². The van der Waals surface area contributed by atoms with Crippen molar-refractivity contribution in [1.82, 2.24) is 0 Å². The van der Waals surface area contributed by atoms with Crippen LogP contribution in [0.15, 0.2) is 28.9 Å². The minimum atomic E-state index is -0.0606. The monoisotopic (exact) mass is 187 g/mol. The molecule has 1 fully saturated rings. The van der Waals surface area contributed by atoms with Gasteiger partial charge in [-0.2, -0.15) is 0 Å². The van der Waals surface area contributed by atoms with Crippen LogP contribution in [0.25, 0.3) is 11.0 Å². The molecule has 0 bridgehead atoms. The summed E-state index contributed by atoms with van der Waals surface area (Å²) in [5.74, 6) is 0. The van der Waals surface area contributed by atoms with E-state index in [4.69, 9.17) is 10.2 Å². The highest BCUT2D eigenvalue weighted by Gasteiger charge is 2.40. The van der Waals surface area contributed by atoms with E-state index < -0.39 is 0 Å². The van der Waals surface area contributed by atoms with Crippen molar-refractivity contribution in [2.45, 2.75) is 25.3 Å². The standard InChI is InChI=1S/C12H13NO/c1-8-7-14-11-6-9(2-3-10(8)11)12(13)4-5-12/h2-3,6-7H,4-5,13H2,1H3. The zero-order chi connectivity index (χ0) is 9.76. The van der Waals surface area contributed by atoms with Crippen LogP contribution in [-0.4, -0.2) is 0 Å². The quantitative estimate of drug-likeness (QED) is 0.745. The van der Waals surface area contributed by atoms with Gasteiger partial charge in [-0.3, -0.25) is 0 Å². The Balaban J connectivity index is 2.21. The highest BCUT2D eigenvalue weighted by molar-refractivity contribution is 5.81. The Morgan fingerprint density at radius 1 is 1.36 bits per heavy atom. The van der Waals surface area contributed by atoms with Crippen LogP contribution in [0.2, 0.25) is 0 Å². The first-order valence-corrected chi connectivity index (χ1v) is 4.96. The van der Waals surface area contributed by atoms with Gasteiger partial charge < -0.3 is 10.2 Å². The van der Waals surface area contributed by atoms with Crippen LogP contribution < -0.4 is 5.73 Å². The number of benzene rings is 1. The molecule has 0 spiro atoms. The van der Waals surface area contributed by atoms with E-state index in [2.05, 4.69) is 25.1 Å². The fourth-order valence-corrected chi connectivity index (χ4v) is 1.89. The first-order valence-electron chi connectivity index (χ1n) is 4.96. The summed E-state index contributed by atoms with van der Waals surface area (Å²) in [5.41, 5.74) is 9.41. The Hall–Kier alpha value is -1.28. The second kappa shape index (κ2) is 2.39. The number of aryl methyl sites for hydroxylation is 1. The van der Waals surface area contributed by atoms with Crippen molar-refractivity contribution in [3.63, 3.8) is 0 Å². The molecule has 1 saturated carbocycles. The number of rotatable bonds is 1. The maximum absolute atomic E-state index is 6.12. The lowest BCUT2D eigenvalue weighted by Gasteiger charge is -2.07. The molecule has 2 aromatic rings. The molecule has 0 radical (unpaired) electrons. The molecule has 2 N–H and O–H groups in total. The van der Waals surface area contributed by atoms with Crippen molar-refractivity contribution >= 4 is 11.0 Å². The second-order valence-electron chi connectivity index (χ2n) is 4.29. The van der Waals surface area contributed by atoms with Crippen LogP contribution in [0.3, 0.4) is 0 Å². The Morgan fingerprint density at radius 2 is 2.14 bits per heavy atom. The van der Waals surface area contributed by atoms with Gasteiger partial charge in [-0.25, -0.2) is 0 Å². The number of furan rings is 1. The third kappa shape index (κ3) is 1.01.